The first-order valence-electron chi connectivity index (χ1n) is 9.86. The maximum Gasteiger partial charge on any atom is 0.417 e. The van der Waals surface area contributed by atoms with Gasteiger partial charge in [0.1, 0.15) is 11.4 Å². The van der Waals surface area contributed by atoms with E-state index in [4.69, 9.17) is 5.26 Å². The van der Waals surface area contributed by atoms with Crippen molar-refractivity contribution in [3.63, 3.8) is 0 Å². The number of benzene rings is 2. The fourth-order valence-electron chi connectivity index (χ4n) is 2.84. The minimum absolute atomic E-state index is 0.151. The lowest BCUT2D eigenvalue weighted by Gasteiger charge is -2.27. The van der Waals surface area contributed by atoms with Crippen molar-refractivity contribution >= 4 is 23.2 Å². The van der Waals surface area contributed by atoms with E-state index in [1.807, 2.05) is 0 Å². The van der Waals surface area contributed by atoms with Crippen LogP contribution in [0.25, 0.3) is 0 Å². The van der Waals surface area contributed by atoms with Gasteiger partial charge in [0.15, 0.2) is 0 Å². The second-order valence-corrected chi connectivity index (χ2v) is 8.97. The van der Waals surface area contributed by atoms with Gasteiger partial charge in [-0.15, -0.1) is 0 Å². The SMILES string of the molecule is CC(C)(C)NC(=O)c1ccc(NC(C)(C)C(=O)Nc2ccc(C#N)c(C(F)(F)F)c2)cc1F. The molecule has 0 bridgehead atoms. The van der Waals surface area contributed by atoms with Gasteiger partial charge in [0.2, 0.25) is 5.91 Å². The highest BCUT2D eigenvalue weighted by Gasteiger charge is 2.34. The summed E-state index contributed by atoms with van der Waals surface area (Å²) in [6.07, 6.45) is -4.77. The van der Waals surface area contributed by atoms with E-state index in [9.17, 15) is 27.2 Å². The lowest BCUT2D eigenvalue weighted by atomic mass is 10.0. The summed E-state index contributed by atoms with van der Waals surface area (Å²) in [4.78, 5) is 24.9. The van der Waals surface area contributed by atoms with Crippen LogP contribution in [0.2, 0.25) is 0 Å². The van der Waals surface area contributed by atoms with Crippen molar-refractivity contribution in [2.75, 3.05) is 10.6 Å². The summed E-state index contributed by atoms with van der Waals surface area (Å²) in [7, 11) is 0. The molecule has 0 saturated carbocycles. The Morgan fingerprint density at radius 3 is 2.06 bits per heavy atom. The third-order valence-electron chi connectivity index (χ3n) is 4.43. The zero-order chi connectivity index (χ0) is 25.2. The highest BCUT2D eigenvalue weighted by atomic mass is 19.4. The summed E-state index contributed by atoms with van der Waals surface area (Å²) < 4.78 is 53.9. The predicted molar refractivity (Wildman–Crippen MR) is 116 cm³/mol. The first-order chi connectivity index (χ1) is 15.0. The molecule has 176 valence electrons. The van der Waals surface area contributed by atoms with Crippen LogP contribution in [-0.4, -0.2) is 22.9 Å². The first-order valence-corrected chi connectivity index (χ1v) is 9.86. The van der Waals surface area contributed by atoms with Crippen molar-refractivity contribution in [1.29, 1.82) is 5.26 Å². The Bertz CT molecular complexity index is 1110. The zero-order valence-corrected chi connectivity index (χ0v) is 18.7. The highest BCUT2D eigenvalue weighted by Crippen LogP contribution is 2.33. The van der Waals surface area contributed by atoms with Crippen LogP contribution in [0.5, 0.6) is 0 Å². The van der Waals surface area contributed by atoms with E-state index in [-0.39, 0.29) is 16.9 Å². The van der Waals surface area contributed by atoms with Crippen LogP contribution in [0, 0.1) is 17.1 Å². The molecular weight excluding hydrogens is 440 g/mol. The lowest BCUT2D eigenvalue weighted by molar-refractivity contribution is -0.137. The summed E-state index contributed by atoms with van der Waals surface area (Å²) in [6.45, 7) is 8.17. The number of nitriles is 1. The topological polar surface area (TPSA) is 94.0 Å². The number of nitrogens with one attached hydrogen (secondary N) is 3. The second kappa shape index (κ2) is 9.10. The van der Waals surface area contributed by atoms with Crippen LogP contribution in [0.15, 0.2) is 36.4 Å². The molecule has 10 heteroatoms. The minimum Gasteiger partial charge on any atom is -0.372 e. The fraction of sp³-hybridized carbons (Fsp3) is 0.348. The molecule has 2 aromatic rings. The van der Waals surface area contributed by atoms with Crippen LogP contribution in [0.3, 0.4) is 0 Å². The lowest BCUT2D eigenvalue weighted by Crippen LogP contribution is -2.44. The molecule has 0 unspecified atom stereocenters. The zero-order valence-electron chi connectivity index (χ0n) is 18.7. The molecule has 0 fully saturated rings. The van der Waals surface area contributed by atoms with E-state index in [1.54, 1.807) is 20.8 Å². The van der Waals surface area contributed by atoms with Gasteiger partial charge in [-0.3, -0.25) is 9.59 Å². The summed E-state index contributed by atoms with van der Waals surface area (Å²) >= 11 is 0. The molecule has 2 aromatic carbocycles. The summed E-state index contributed by atoms with van der Waals surface area (Å²) in [5, 5.41) is 16.7. The first kappa shape index (κ1) is 25.6. The molecule has 0 heterocycles. The Kier molecular flexibility index (Phi) is 7.07. The average molecular weight is 464 g/mol. The number of amides is 2. The van der Waals surface area contributed by atoms with Crippen LogP contribution >= 0.6 is 0 Å². The van der Waals surface area contributed by atoms with E-state index in [0.29, 0.717) is 6.07 Å². The van der Waals surface area contributed by atoms with Gasteiger partial charge in [-0.2, -0.15) is 18.4 Å². The molecule has 2 amide bonds. The number of carbonyl (C=O) groups is 2. The van der Waals surface area contributed by atoms with E-state index < -0.39 is 46.0 Å². The van der Waals surface area contributed by atoms with Crippen molar-refractivity contribution < 1.29 is 27.2 Å². The molecule has 0 aliphatic heterocycles. The van der Waals surface area contributed by atoms with Crippen molar-refractivity contribution in [3.8, 4) is 6.07 Å². The Balaban J connectivity index is 2.19. The molecule has 6 nitrogen and oxygen atoms in total. The summed E-state index contributed by atoms with van der Waals surface area (Å²) in [5.41, 5.74) is -3.79. The molecule has 2 rings (SSSR count). The Morgan fingerprint density at radius 1 is 0.939 bits per heavy atom. The van der Waals surface area contributed by atoms with E-state index in [1.165, 1.54) is 38.1 Å². The van der Waals surface area contributed by atoms with Crippen molar-refractivity contribution in [1.82, 2.24) is 5.32 Å². The normalized spacial score (nSPS) is 12.0. The molecular formula is C23H24F4N4O2. The fourth-order valence-corrected chi connectivity index (χ4v) is 2.84. The summed E-state index contributed by atoms with van der Waals surface area (Å²) in [6, 6.07) is 8.03. The van der Waals surface area contributed by atoms with Crippen molar-refractivity contribution in [2.45, 2.75) is 51.9 Å². The van der Waals surface area contributed by atoms with Crippen molar-refractivity contribution in [3.05, 3.63) is 58.9 Å². The number of hydrogen-bond donors (Lipinski definition) is 3. The second-order valence-electron chi connectivity index (χ2n) is 8.97. The Labute approximate surface area is 189 Å². The van der Waals surface area contributed by atoms with E-state index in [2.05, 4.69) is 16.0 Å². The van der Waals surface area contributed by atoms with E-state index >= 15 is 0 Å². The van der Waals surface area contributed by atoms with Gasteiger partial charge in [0.05, 0.1) is 22.8 Å². The number of rotatable bonds is 5. The molecule has 0 atom stereocenters. The largest absolute Gasteiger partial charge is 0.417 e. The molecule has 0 radical (unpaired) electrons. The van der Waals surface area contributed by atoms with Crippen LogP contribution in [0.1, 0.15) is 56.1 Å². The minimum atomic E-state index is -4.77. The number of halogens is 4. The smallest absolute Gasteiger partial charge is 0.372 e. The van der Waals surface area contributed by atoms with Gasteiger partial charge in [0.25, 0.3) is 5.91 Å². The standard InChI is InChI=1S/C23H24F4N4O2/c1-21(2,3)31-19(32)16-9-8-15(11-18(16)24)30-22(4,5)20(33)29-14-7-6-13(12-28)17(10-14)23(25,26)27/h6-11,30H,1-5H3,(H,29,33)(H,31,32). The molecule has 0 spiro atoms. The van der Waals surface area contributed by atoms with Gasteiger partial charge in [-0.25, -0.2) is 4.39 Å². The molecule has 0 aliphatic rings. The van der Waals surface area contributed by atoms with Crippen LogP contribution in [0.4, 0.5) is 28.9 Å². The van der Waals surface area contributed by atoms with Gasteiger partial charge >= 0.3 is 6.18 Å². The predicted octanol–water partition coefficient (Wildman–Crippen LogP) is 5.07. The number of hydrogen-bond acceptors (Lipinski definition) is 4. The molecule has 0 aliphatic carbocycles. The monoisotopic (exact) mass is 464 g/mol. The van der Waals surface area contributed by atoms with Gasteiger partial charge in [-0.1, -0.05) is 0 Å². The van der Waals surface area contributed by atoms with Crippen LogP contribution in [-0.2, 0) is 11.0 Å². The number of alkyl halides is 3. The summed E-state index contributed by atoms with van der Waals surface area (Å²) in [5.74, 6) is -2.10. The molecule has 33 heavy (non-hydrogen) atoms. The van der Waals surface area contributed by atoms with Gasteiger partial charge in [0, 0.05) is 16.9 Å². The van der Waals surface area contributed by atoms with Crippen molar-refractivity contribution in [2.24, 2.45) is 0 Å². The maximum atomic E-state index is 14.5. The quantitative estimate of drug-likeness (QED) is 0.539. The Morgan fingerprint density at radius 2 is 1.55 bits per heavy atom. The van der Waals surface area contributed by atoms with Gasteiger partial charge in [-0.05, 0) is 71.0 Å². The third-order valence-corrected chi connectivity index (χ3v) is 4.43. The van der Waals surface area contributed by atoms with E-state index in [0.717, 1.165) is 12.1 Å². The number of anilines is 2. The number of nitrogens with zero attached hydrogens (tertiary/aromatic N) is 1. The maximum absolute atomic E-state index is 14.5. The molecule has 0 aromatic heterocycles. The average Bonchev–Trinajstić information content (AvgIpc) is 2.65. The molecule has 0 saturated heterocycles. The molecule has 3 N–H and O–H groups in total. The Hall–Kier alpha value is -3.61. The highest BCUT2D eigenvalue weighted by molar-refractivity contribution is 6.00. The van der Waals surface area contributed by atoms with Gasteiger partial charge < -0.3 is 16.0 Å². The van der Waals surface area contributed by atoms with Crippen LogP contribution < -0.4 is 16.0 Å². The third kappa shape index (κ3) is 6.68. The number of carbonyl (C=O) groups excluding carboxylic acids is 2.